The second-order valence-electron chi connectivity index (χ2n) is 6.72. The minimum atomic E-state index is -0.341. The molecule has 2 aromatic rings. The van der Waals surface area contributed by atoms with Crippen LogP contribution < -0.4 is 20.3 Å². The molecule has 1 unspecified atom stereocenters. The maximum atomic E-state index is 12.4. The number of likely N-dealkylation sites (N-methyl/N-ethyl adjacent to an activating group) is 1. The fraction of sp³-hybridized carbons (Fsp3) is 0.333. The molecule has 144 valence electrons. The summed E-state index contributed by atoms with van der Waals surface area (Å²) in [6, 6.07) is 14.8. The van der Waals surface area contributed by atoms with Crippen molar-refractivity contribution in [1.29, 1.82) is 0 Å². The number of aryl methyl sites for hydroxylation is 1. The van der Waals surface area contributed by atoms with E-state index in [2.05, 4.69) is 10.6 Å². The topological polar surface area (TPSA) is 71.9 Å². The number of anilines is 1. The summed E-state index contributed by atoms with van der Waals surface area (Å²) in [7, 11) is 3.46. The van der Waals surface area contributed by atoms with E-state index >= 15 is 0 Å². The van der Waals surface area contributed by atoms with Gasteiger partial charge in [0.2, 0.25) is 0 Å². The minimum absolute atomic E-state index is 0.0912. The summed E-state index contributed by atoms with van der Waals surface area (Å²) in [5.74, 6) is 0.569. The van der Waals surface area contributed by atoms with Gasteiger partial charge in [-0.15, -0.1) is 0 Å². The molecule has 2 aromatic carbocycles. The number of quaternary nitrogens is 1. The van der Waals surface area contributed by atoms with Gasteiger partial charge in [-0.1, -0.05) is 29.8 Å². The van der Waals surface area contributed by atoms with Crippen LogP contribution in [-0.4, -0.2) is 38.6 Å². The lowest BCUT2D eigenvalue weighted by atomic mass is 10.2. The first-order chi connectivity index (χ1) is 12.9. The Morgan fingerprint density at radius 2 is 1.70 bits per heavy atom. The number of benzene rings is 2. The van der Waals surface area contributed by atoms with Gasteiger partial charge in [-0.05, 0) is 43.7 Å². The van der Waals surface area contributed by atoms with Crippen LogP contribution >= 0.6 is 0 Å². The van der Waals surface area contributed by atoms with Gasteiger partial charge < -0.3 is 20.3 Å². The number of rotatable bonds is 8. The zero-order chi connectivity index (χ0) is 19.8. The van der Waals surface area contributed by atoms with Crippen LogP contribution in [0.5, 0.6) is 5.75 Å². The molecular formula is C21H28N3O3+. The fourth-order valence-electron chi connectivity index (χ4n) is 2.56. The molecule has 0 saturated carbocycles. The summed E-state index contributed by atoms with van der Waals surface area (Å²) in [6.07, 6.45) is 0. The summed E-state index contributed by atoms with van der Waals surface area (Å²) in [5, 5.41) is 5.77. The summed E-state index contributed by atoms with van der Waals surface area (Å²) in [6.45, 7) is 4.47. The Balaban J connectivity index is 1.80. The van der Waals surface area contributed by atoms with E-state index in [9.17, 15) is 9.59 Å². The molecule has 0 fully saturated rings. The maximum Gasteiger partial charge on any atom is 0.279 e. The normalized spacial score (nSPS) is 12.7. The number of amides is 2. The monoisotopic (exact) mass is 370 g/mol. The Bertz CT molecular complexity index is 757. The molecule has 0 aliphatic rings. The lowest BCUT2D eigenvalue weighted by Crippen LogP contribution is -3.15. The third kappa shape index (κ3) is 6.42. The molecule has 6 heteroatoms. The van der Waals surface area contributed by atoms with Crippen LogP contribution in [0.15, 0.2) is 48.5 Å². The van der Waals surface area contributed by atoms with E-state index in [1.165, 1.54) is 0 Å². The molecule has 3 N–H and O–H groups in total. The molecule has 0 aliphatic carbocycles. The molecule has 2 atom stereocenters. The summed E-state index contributed by atoms with van der Waals surface area (Å²) >= 11 is 0. The Labute approximate surface area is 160 Å². The van der Waals surface area contributed by atoms with E-state index in [1.807, 2.05) is 69.4 Å². The van der Waals surface area contributed by atoms with Crippen LogP contribution in [0.25, 0.3) is 0 Å². The van der Waals surface area contributed by atoms with E-state index in [0.717, 1.165) is 27.5 Å². The van der Waals surface area contributed by atoms with Gasteiger partial charge in [-0.2, -0.15) is 0 Å². The largest absolute Gasteiger partial charge is 0.497 e. The predicted molar refractivity (Wildman–Crippen MR) is 106 cm³/mol. The zero-order valence-electron chi connectivity index (χ0n) is 16.3. The first-order valence-corrected chi connectivity index (χ1v) is 8.98. The summed E-state index contributed by atoms with van der Waals surface area (Å²) < 4.78 is 5.12. The fourth-order valence-corrected chi connectivity index (χ4v) is 2.56. The number of nitrogens with one attached hydrogen (secondary N) is 3. The lowest BCUT2D eigenvalue weighted by Gasteiger charge is -2.20. The Morgan fingerprint density at radius 1 is 1.07 bits per heavy atom. The number of methoxy groups -OCH3 is 1. The molecule has 0 saturated heterocycles. The van der Waals surface area contributed by atoms with Crippen LogP contribution in [-0.2, 0) is 16.1 Å². The second kappa shape index (κ2) is 9.73. The standard InChI is InChI=1S/C21H27N3O3/c1-15-5-9-18(10-6-15)23-20(25)14-24(3)16(2)21(26)22-13-17-7-11-19(27-4)12-8-17/h5-12,16H,13-14H2,1-4H3,(H,22,26)(H,23,25)/p+1/t16-/m1/s1. The third-order valence-electron chi connectivity index (χ3n) is 4.53. The highest BCUT2D eigenvalue weighted by Crippen LogP contribution is 2.11. The van der Waals surface area contributed by atoms with E-state index in [1.54, 1.807) is 7.11 Å². The average molecular weight is 370 g/mol. The number of hydrogen-bond donors (Lipinski definition) is 3. The van der Waals surface area contributed by atoms with Gasteiger partial charge in [0.1, 0.15) is 5.75 Å². The van der Waals surface area contributed by atoms with Crippen molar-refractivity contribution >= 4 is 17.5 Å². The molecule has 0 heterocycles. The first kappa shape index (κ1) is 20.5. The van der Waals surface area contributed by atoms with Gasteiger partial charge in [0, 0.05) is 12.2 Å². The van der Waals surface area contributed by atoms with E-state index in [-0.39, 0.29) is 24.4 Å². The average Bonchev–Trinajstić information content (AvgIpc) is 2.67. The summed E-state index contributed by atoms with van der Waals surface area (Å²) in [4.78, 5) is 25.4. The third-order valence-corrected chi connectivity index (χ3v) is 4.53. The van der Waals surface area contributed by atoms with E-state index < -0.39 is 0 Å². The molecule has 2 amide bonds. The Hall–Kier alpha value is -2.86. The smallest absolute Gasteiger partial charge is 0.279 e. The van der Waals surface area contributed by atoms with Gasteiger partial charge >= 0.3 is 0 Å². The van der Waals surface area contributed by atoms with Crippen molar-refractivity contribution in [2.45, 2.75) is 26.4 Å². The maximum absolute atomic E-state index is 12.4. The Morgan fingerprint density at radius 3 is 2.30 bits per heavy atom. The minimum Gasteiger partial charge on any atom is -0.497 e. The van der Waals surface area contributed by atoms with E-state index in [0.29, 0.717) is 6.54 Å². The highest BCUT2D eigenvalue weighted by Gasteiger charge is 2.23. The molecule has 0 radical (unpaired) electrons. The van der Waals surface area contributed by atoms with Crippen molar-refractivity contribution in [2.75, 3.05) is 26.0 Å². The highest BCUT2D eigenvalue weighted by molar-refractivity contribution is 5.91. The van der Waals surface area contributed by atoms with Gasteiger partial charge in [-0.3, -0.25) is 9.59 Å². The van der Waals surface area contributed by atoms with Gasteiger partial charge in [-0.25, -0.2) is 0 Å². The molecule has 6 nitrogen and oxygen atoms in total. The van der Waals surface area contributed by atoms with Crippen LogP contribution in [0.2, 0.25) is 0 Å². The number of carbonyl (C=O) groups excluding carboxylic acids is 2. The van der Waals surface area contributed by atoms with Crippen molar-refractivity contribution in [3.63, 3.8) is 0 Å². The van der Waals surface area contributed by atoms with Crippen LogP contribution in [0.1, 0.15) is 18.1 Å². The number of ether oxygens (including phenoxy) is 1. The van der Waals surface area contributed by atoms with Crippen molar-refractivity contribution in [3.05, 3.63) is 59.7 Å². The summed E-state index contributed by atoms with van der Waals surface area (Å²) in [5.41, 5.74) is 2.89. The lowest BCUT2D eigenvalue weighted by molar-refractivity contribution is -0.885. The molecule has 2 rings (SSSR count). The first-order valence-electron chi connectivity index (χ1n) is 8.98. The van der Waals surface area contributed by atoms with Crippen LogP contribution in [0, 0.1) is 6.92 Å². The van der Waals surface area contributed by atoms with Gasteiger partial charge in [0.05, 0.1) is 14.2 Å². The quantitative estimate of drug-likeness (QED) is 0.653. The molecule has 0 aliphatic heterocycles. The van der Waals surface area contributed by atoms with E-state index in [4.69, 9.17) is 4.74 Å². The van der Waals surface area contributed by atoms with Crippen molar-refractivity contribution in [3.8, 4) is 5.75 Å². The second-order valence-corrected chi connectivity index (χ2v) is 6.72. The van der Waals surface area contributed by atoms with Gasteiger partial charge in [0.15, 0.2) is 12.6 Å². The van der Waals surface area contributed by atoms with Crippen molar-refractivity contribution in [2.24, 2.45) is 0 Å². The zero-order valence-corrected chi connectivity index (χ0v) is 16.3. The van der Waals surface area contributed by atoms with Crippen LogP contribution in [0.3, 0.4) is 0 Å². The Kier molecular flexibility index (Phi) is 7.37. The van der Waals surface area contributed by atoms with Crippen molar-refractivity contribution < 1.29 is 19.2 Å². The van der Waals surface area contributed by atoms with Gasteiger partial charge in [0.25, 0.3) is 11.8 Å². The molecule has 0 spiro atoms. The predicted octanol–water partition coefficient (Wildman–Crippen LogP) is 1.16. The van der Waals surface area contributed by atoms with Crippen molar-refractivity contribution in [1.82, 2.24) is 5.32 Å². The highest BCUT2D eigenvalue weighted by atomic mass is 16.5. The number of hydrogen-bond acceptors (Lipinski definition) is 3. The SMILES string of the molecule is COc1ccc(CNC(=O)[C@@H](C)[NH+](C)CC(=O)Nc2ccc(C)cc2)cc1. The number of carbonyl (C=O) groups is 2. The molecule has 27 heavy (non-hydrogen) atoms. The molecule has 0 aromatic heterocycles. The molecular weight excluding hydrogens is 342 g/mol. The molecule has 0 bridgehead atoms. The van der Waals surface area contributed by atoms with Crippen LogP contribution in [0.4, 0.5) is 5.69 Å².